The molecule has 0 bridgehead atoms. The fraction of sp³-hybridized carbons (Fsp3) is 0.533. The van der Waals surface area contributed by atoms with Crippen molar-refractivity contribution in [3.63, 3.8) is 0 Å². The van der Waals surface area contributed by atoms with Crippen molar-refractivity contribution >= 4 is 34.9 Å². The first-order valence-corrected chi connectivity index (χ1v) is 7.72. The minimum atomic E-state index is -0.436. The molecule has 110 valence electrons. The van der Waals surface area contributed by atoms with Gasteiger partial charge in [-0.3, -0.25) is 0 Å². The topological polar surface area (TPSA) is 52.3 Å². The van der Waals surface area contributed by atoms with E-state index in [0.717, 1.165) is 25.7 Å². The van der Waals surface area contributed by atoms with Crippen LogP contribution in [-0.2, 0) is 4.74 Å². The van der Waals surface area contributed by atoms with Gasteiger partial charge in [-0.15, -0.1) is 0 Å². The third kappa shape index (κ3) is 3.58. The molecule has 1 fully saturated rings. The van der Waals surface area contributed by atoms with E-state index in [2.05, 4.69) is 6.92 Å². The van der Waals surface area contributed by atoms with Gasteiger partial charge in [0.05, 0.1) is 16.3 Å². The Morgan fingerprint density at radius 3 is 2.85 bits per heavy atom. The van der Waals surface area contributed by atoms with Crippen molar-refractivity contribution in [1.29, 1.82) is 0 Å². The van der Waals surface area contributed by atoms with E-state index in [1.54, 1.807) is 0 Å². The second-order valence-corrected chi connectivity index (χ2v) is 6.16. The van der Waals surface area contributed by atoms with E-state index >= 15 is 0 Å². The Kier molecular flexibility index (Phi) is 5.17. The Bertz CT molecular complexity index is 505. The average Bonchev–Trinajstić information content (AvgIpc) is 2.43. The van der Waals surface area contributed by atoms with Gasteiger partial charge in [-0.2, -0.15) is 0 Å². The first-order valence-electron chi connectivity index (χ1n) is 6.96. The number of ether oxygens (including phenoxy) is 1. The van der Waals surface area contributed by atoms with Crippen LogP contribution in [0.4, 0.5) is 5.69 Å². The lowest BCUT2D eigenvalue weighted by Gasteiger charge is -2.28. The quantitative estimate of drug-likeness (QED) is 0.649. The van der Waals surface area contributed by atoms with E-state index in [0.29, 0.717) is 10.9 Å². The van der Waals surface area contributed by atoms with Crippen LogP contribution in [0.3, 0.4) is 0 Å². The highest BCUT2D eigenvalue weighted by Crippen LogP contribution is 2.31. The fourth-order valence-corrected chi connectivity index (χ4v) is 3.18. The van der Waals surface area contributed by atoms with E-state index in [9.17, 15) is 4.79 Å². The van der Waals surface area contributed by atoms with Crippen LogP contribution in [0.1, 0.15) is 49.4 Å². The maximum absolute atomic E-state index is 12.2. The summed E-state index contributed by atoms with van der Waals surface area (Å²) < 4.78 is 5.56. The number of halogens is 2. The van der Waals surface area contributed by atoms with Gasteiger partial charge in [-0.25, -0.2) is 4.79 Å². The molecule has 1 aliphatic carbocycles. The molecule has 0 saturated heterocycles. The zero-order chi connectivity index (χ0) is 14.7. The smallest absolute Gasteiger partial charge is 0.340 e. The lowest BCUT2D eigenvalue weighted by molar-refractivity contribution is 0.0141. The summed E-state index contributed by atoms with van der Waals surface area (Å²) >= 11 is 11.8. The molecular formula is C15H19Cl2NO2. The summed E-state index contributed by atoms with van der Waals surface area (Å²) in [5.41, 5.74) is 6.30. The number of nitrogen functional groups attached to an aromatic ring is 1. The Labute approximate surface area is 129 Å². The van der Waals surface area contributed by atoms with E-state index in [1.165, 1.54) is 18.6 Å². The minimum absolute atomic E-state index is 0.0293. The van der Waals surface area contributed by atoms with Crippen molar-refractivity contribution < 1.29 is 9.53 Å². The molecule has 5 heteroatoms. The Balaban J connectivity index is 2.08. The Morgan fingerprint density at radius 2 is 2.15 bits per heavy atom. The number of esters is 1. The molecule has 0 amide bonds. The number of carbonyl (C=O) groups is 1. The molecule has 1 aliphatic rings. The predicted octanol–water partition coefficient (Wildman–Crippen LogP) is 4.70. The van der Waals surface area contributed by atoms with Crippen LogP contribution < -0.4 is 5.73 Å². The molecule has 1 saturated carbocycles. The number of benzene rings is 1. The molecule has 20 heavy (non-hydrogen) atoms. The van der Waals surface area contributed by atoms with Gasteiger partial charge >= 0.3 is 5.97 Å². The fourth-order valence-electron chi connectivity index (χ4n) is 2.69. The SMILES string of the molecule is CCC1CCCC(OC(=O)c2cc(Cl)cc(Cl)c2N)C1. The summed E-state index contributed by atoms with van der Waals surface area (Å²) in [6, 6.07) is 3.02. The maximum Gasteiger partial charge on any atom is 0.340 e. The third-order valence-corrected chi connectivity index (χ3v) is 4.43. The number of anilines is 1. The van der Waals surface area contributed by atoms with Crippen molar-refractivity contribution in [2.75, 3.05) is 5.73 Å². The number of hydrogen-bond donors (Lipinski definition) is 1. The van der Waals surface area contributed by atoms with Crippen molar-refractivity contribution in [2.24, 2.45) is 5.92 Å². The van der Waals surface area contributed by atoms with Crippen LogP contribution in [0, 0.1) is 5.92 Å². The molecule has 0 aliphatic heterocycles. The Hall–Kier alpha value is -0.930. The predicted molar refractivity (Wildman–Crippen MR) is 82.3 cm³/mol. The highest BCUT2D eigenvalue weighted by molar-refractivity contribution is 6.37. The molecule has 0 spiro atoms. The molecule has 1 aromatic carbocycles. The van der Waals surface area contributed by atoms with Crippen LogP contribution in [0.5, 0.6) is 0 Å². The highest BCUT2D eigenvalue weighted by atomic mass is 35.5. The summed E-state index contributed by atoms with van der Waals surface area (Å²) in [4.78, 5) is 12.2. The monoisotopic (exact) mass is 315 g/mol. The van der Waals surface area contributed by atoms with Gasteiger partial charge < -0.3 is 10.5 Å². The van der Waals surface area contributed by atoms with Crippen LogP contribution in [0.2, 0.25) is 10.0 Å². The van der Waals surface area contributed by atoms with E-state index in [1.807, 2.05) is 0 Å². The summed E-state index contributed by atoms with van der Waals surface area (Å²) in [5, 5.41) is 0.658. The van der Waals surface area contributed by atoms with Crippen molar-refractivity contribution in [3.8, 4) is 0 Å². The van der Waals surface area contributed by atoms with Crippen LogP contribution >= 0.6 is 23.2 Å². The van der Waals surface area contributed by atoms with Gasteiger partial charge in [0.2, 0.25) is 0 Å². The molecule has 0 aromatic heterocycles. The summed E-state index contributed by atoms with van der Waals surface area (Å²) in [6.07, 6.45) is 5.25. The van der Waals surface area contributed by atoms with Crippen LogP contribution in [0.25, 0.3) is 0 Å². The number of rotatable bonds is 3. The van der Waals surface area contributed by atoms with Gasteiger partial charge in [0.25, 0.3) is 0 Å². The molecule has 1 aromatic rings. The van der Waals surface area contributed by atoms with Gasteiger partial charge in [0.1, 0.15) is 6.10 Å². The van der Waals surface area contributed by atoms with E-state index < -0.39 is 5.97 Å². The molecule has 2 unspecified atom stereocenters. The third-order valence-electron chi connectivity index (χ3n) is 3.90. The largest absolute Gasteiger partial charge is 0.459 e. The molecule has 2 N–H and O–H groups in total. The van der Waals surface area contributed by atoms with Crippen LogP contribution in [-0.4, -0.2) is 12.1 Å². The molecule has 2 atom stereocenters. The first-order chi connectivity index (χ1) is 9.51. The van der Waals surface area contributed by atoms with E-state index in [4.69, 9.17) is 33.7 Å². The average molecular weight is 316 g/mol. The van der Waals surface area contributed by atoms with Crippen molar-refractivity contribution in [2.45, 2.75) is 45.1 Å². The molecule has 2 rings (SSSR count). The number of hydrogen-bond acceptors (Lipinski definition) is 3. The first kappa shape index (κ1) is 15.5. The highest BCUT2D eigenvalue weighted by Gasteiger charge is 2.25. The number of carbonyl (C=O) groups excluding carboxylic acids is 1. The maximum atomic E-state index is 12.2. The lowest BCUT2D eigenvalue weighted by atomic mass is 9.85. The van der Waals surface area contributed by atoms with Crippen LogP contribution in [0.15, 0.2) is 12.1 Å². The minimum Gasteiger partial charge on any atom is -0.459 e. The number of nitrogens with two attached hydrogens (primary N) is 1. The summed E-state index contributed by atoms with van der Waals surface area (Å²) in [6.45, 7) is 2.17. The summed E-state index contributed by atoms with van der Waals surface area (Å²) in [7, 11) is 0. The zero-order valence-corrected chi connectivity index (χ0v) is 13.0. The lowest BCUT2D eigenvalue weighted by Crippen LogP contribution is -2.25. The molecule has 3 nitrogen and oxygen atoms in total. The standard InChI is InChI=1S/C15H19Cl2NO2/c1-2-9-4-3-5-11(6-9)20-15(19)12-7-10(16)8-13(17)14(12)18/h7-9,11H,2-6,18H2,1H3. The second-order valence-electron chi connectivity index (χ2n) is 5.32. The molecule has 0 heterocycles. The van der Waals surface area contributed by atoms with Gasteiger partial charge in [0, 0.05) is 5.02 Å². The van der Waals surface area contributed by atoms with Crippen molar-refractivity contribution in [3.05, 3.63) is 27.7 Å². The zero-order valence-electron chi connectivity index (χ0n) is 11.5. The van der Waals surface area contributed by atoms with Crippen molar-refractivity contribution in [1.82, 2.24) is 0 Å². The van der Waals surface area contributed by atoms with Gasteiger partial charge in [0.15, 0.2) is 0 Å². The van der Waals surface area contributed by atoms with Gasteiger partial charge in [-0.05, 0) is 37.3 Å². The summed E-state index contributed by atoms with van der Waals surface area (Å²) in [5.74, 6) is 0.204. The molecule has 0 radical (unpaired) electrons. The van der Waals surface area contributed by atoms with E-state index in [-0.39, 0.29) is 22.4 Å². The molecular weight excluding hydrogens is 297 g/mol. The van der Waals surface area contributed by atoms with Gasteiger partial charge in [-0.1, -0.05) is 43.0 Å². The second kappa shape index (κ2) is 6.68. The Morgan fingerprint density at radius 1 is 1.40 bits per heavy atom. The normalized spacial score (nSPS) is 22.6.